The van der Waals surface area contributed by atoms with E-state index in [4.69, 9.17) is 11.5 Å². The maximum absolute atomic E-state index is 5.94. The molecule has 1 aromatic carbocycles. The van der Waals surface area contributed by atoms with Gasteiger partial charge >= 0.3 is 0 Å². The van der Waals surface area contributed by atoms with Gasteiger partial charge in [-0.25, -0.2) is 0 Å². The molecule has 0 amide bonds. The van der Waals surface area contributed by atoms with Crippen molar-refractivity contribution < 1.29 is 0 Å². The normalized spacial score (nSPS) is 11.7. The highest BCUT2D eigenvalue weighted by molar-refractivity contribution is 14.1. The van der Waals surface area contributed by atoms with Crippen molar-refractivity contribution in [1.29, 1.82) is 0 Å². The number of rotatable bonds is 1. The fraction of sp³-hybridized carbons (Fsp3) is 0.333. The van der Waals surface area contributed by atoms with Crippen molar-refractivity contribution in [2.24, 2.45) is 5.73 Å². The second kappa shape index (κ2) is 3.22. The van der Waals surface area contributed by atoms with Crippen LogP contribution in [0.15, 0.2) is 18.2 Å². The van der Waals surface area contributed by atoms with Gasteiger partial charge in [0.15, 0.2) is 0 Å². The molecule has 0 aliphatic heterocycles. The molecule has 0 saturated carbocycles. The molecule has 4 N–H and O–H groups in total. The molecule has 66 valence electrons. The highest BCUT2D eigenvalue weighted by Crippen LogP contribution is 2.25. The van der Waals surface area contributed by atoms with Gasteiger partial charge in [0, 0.05) is 14.8 Å². The van der Waals surface area contributed by atoms with E-state index in [9.17, 15) is 0 Å². The lowest BCUT2D eigenvalue weighted by Crippen LogP contribution is -2.29. The Balaban J connectivity index is 3.23. The summed E-state index contributed by atoms with van der Waals surface area (Å²) in [5.41, 5.74) is 13.2. The van der Waals surface area contributed by atoms with Gasteiger partial charge in [-0.3, -0.25) is 0 Å². The van der Waals surface area contributed by atoms with Crippen molar-refractivity contribution in [2.75, 3.05) is 5.73 Å². The average molecular weight is 276 g/mol. The molecule has 0 aliphatic carbocycles. The number of nitrogens with two attached hydrogens (primary N) is 2. The molecule has 2 nitrogen and oxygen atoms in total. The van der Waals surface area contributed by atoms with Crippen LogP contribution in [0.25, 0.3) is 0 Å². The third kappa shape index (κ3) is 2.10. The van der Waals surface area contributed by atoms with Crippen LogP contribution in [0.3, 0.4) is 0 Å². The molecule has 0 radical (unpaired) electrons. The monoisotopic (exact) mass is 276 g/mol. The first-order valence-corrected chi connectivity index (χ1v) is 4.83. The molecule has 1 aromatic rings. The van der Waals surface area contributed by atoms with Gasteiger partial charge in [-0.15, -0.1) is 0 Å². The topological polar surface area (TPSA) is 52.0 Å². The zero-order valence-electron chi connectivity index (χ0n) is 7.26. The van der Waals surface area contributed by atoms with E-state index in [0.29, 0.717) is 0 Å². The highest BCUT2D eigenvalue weighted by Gasteiger charge is 2.16. The SMILES string of the molecule is CC(C)(N)c1cc(I)ccc1N. The van der Waals surface area contributed by atoms with Crippen LogP contribution in [0.4, 0.5) is 5.69 Å². The summed E-state index contributed by atoms with van der Waals surface area (Å²) in [5.74, 6) is 0. The van der Waals surface area contributed by atoms with Crippen LogP contribution < -0.4 is 11.5 Å². The zero-order valence-corrected chi connectivity index (χ0v) is 9.42. The minimum Gasteiger partial charge on any atom is -0.398 e. The summed E-state index contributed by atoms with van der Waals surface area (Å²) < 4.78 is 1.16. The van der Waals surface area contributed by atoms with Crippen molar-refractivity contribution in [1.82, 2.24) is 0 Å². The van der Waals surface area contributed by atoms with Crippen LogP contribution in [-0.2, 0) is 5.54 Å². The average Bonchev–Trinajstić information content (AvgIpc) is 1.92. The summed E-state index contributed by atoms with van der Waals surface area (Å²) in [6, 6.07) is 5.90. The van der Waals surface area contributed by atoms with Crippen molar-refractivity contribution in [3.63, 3.8) is 0 Å². The number of nitrogen functional groups attached to an aromatic ring is 1. The first-order chi connectivity index (χ1) is 5.41. The predicted octanol–water partition coefficient (Wildman–Crippen LogP) is 2.07. The minimum absolute atomic E-state index is 0.356. The van der Waals surface area contributed by atoms with Crippen molar-refractivity contribution >= 4 is 28.3 Å². The van der Waals surface area contributed by atoms with E-state index in [1.807, 2.05) is 32.0 Å². The van der Waals surface area contributed by atoms with Crippen LogP contribution >= 0.6 is 22.6 Å². The maximum Gasteiger partial charge on any atom is 0.0373 e. The van der Waals surface area contributed by atoms with E-state index in [1.165, 1.54) is 0 Å². The van der Waals surface area contributed by atoms with Crippen LogP contribution in [0.2, 0.25) is 0 Å². The van der Waals surface area contributed by atoms with Gasteiger partial charge in [-0.1, -0.05) is 0 Å². The van der Waals surface area contributed by atoms with Gasteiger partial charge in [-0.05, 0) is 60.2 Å². The van der Waals surface area contributed by atoms with E-state index < -0.39 is 0 Å². The molecular formula is C9H13IN2. The van der Waals surface area contributed by atoms with Crippen molar-refractivity contribution in [3.05, 3.63) is 27.3 Å². The molecule has 0 fully saturated rings. The summed E-state index contributed by atoms with van der Waals surface area (Å²) in [5, 5.41) is 0. The number of benzene rings is 1. The van der Waals surface area contributed by atoms with Crippen LogP contribution in [0.5, 0.6) is 0 Å². The minimum atomic E-state index is -0.356. The Kier molecular flexibility index (Phi) is 2.63. The lowest BCUT2D eigenvalue weighted by molar-refractivity contribution is 0.556. The van der Waals surface area contributed by atoms with Crippen LogP contribution in [-0.4, -0.2) is 0 Å². The first-order valence-electron chi connectivity index (χ1n) is 3.75. The zero-order chi connectivity index (χ0) is 9.35. The molecule has 0 aliphatic rings. The van der Waals surface area contributed by atoms with Crippen molar-refractivity contribution in [3.8, 4) is 0 Å². The Morgan fingerprint density at radius 3 is 2.33 bits per heavy atom. The van der Waals surface area contributed by atoms with Gasteiger partial charge in [0.2, 0.25) is 0 Å². The number of anilines is 1. The summed E-state index contributed by atoms with van der Waals surface area (Å²) in [4.78, 5) is 0. The lowest BCUT2D eigenvalue weighted by atomic mass is 9.94. The maximum atomic E-state index is 5.94. The summed E-state index contributed by atoms with van der Waals surface area (Å²) in [6.45, 7) is 3.91. The fourth-order valence-corrected chi connectivity index (χ4v) is 1.58. The predicted molar refractivity (Wildman–Crippen MR) is 60.8 cm³/mol. The Morgan fingerprint density at radius 1 is 1.33 bits per heavy atom. The Hall–Kier alpha value is -0.290. The van der Waals surface area contributed by atoms with Gasteiger partial charge in [0.1, 0.15) is 0 Å². The van der Waals surface area contributed by atoms with Gasteiger partial charge < -0.3 is 11.5 Å². The van der Waals surface area contributed by atoms with E-state index in [1.54, 1.807) is 0 Å². The fourth-order valence-electron chi connectivity index (χ4n) is 1.09. The molecule has 1 rings (SSSR count). The van der Waals surface area contributed by atoms with E-state index in [0.717, 1.165) is 14.8 Å². The second-order valence-electron chi connectivity index (χ2n) is 3.45. The van der Waals surface area contributed by atoms with Crippen LogP contribution in [0.1, 0.15) is 19.4 Å². The summed E-state index contributed by atoms with van der Waals surface area (Å²) in [7, 11) is 0. The lowest BCUT2D eigenvalue weighted by Gasteiger charge is -2.21. The quantitative estimate of drug-likeness (QED) is 0.609. The van der Waals surface area contributed by atoms with Crippen LogP contribution in [0, 0.1) is 3.57 Å². The molecule has 0 spiro atoms. The third-order valence-electron chi connectivity index (χ3n) is 1.71. The van der Waals surface area contributed by atoms with Gasteiger partial charge in [-0.2, -0.15) is 0 Å². The number of hydrogen-bond donors (Lipinski definition) is 2. The van der Waals surface area contributed by atoms with E-state index in [2.05, 4.69) is 22.6 Å². The number of halogens is 1. The molecule has 0 unspecified atom stereocenters. The first kappa shape index (κ1) is 9.80. The standard InChI is InChI=1S/C9H13IN2/c1-9(2,12)7-5-6(10)3-4-8(7)11/h3-5H,11-12H2,1-2H3. The van der Waals surface area contributed by atoms with Gasteiger partial charge in [0.05, 0.1) is 0 Å². The van der Waals surface area contributed by atoms with E-state index in [-0.39, 0.29) is 5.54 Å². The molecular weight excluding hydrogens is 263 g/mol. The molecule has 0 atom stereocenters. The third-order valence-corrected chi connectivity index (χ3v) is 2.38. The number of hydrogen-bond acceptors (Lipinski definition) is 2. The molecule has 3 heteroatoms. The molecule has 0 bridgehead atoms. The largest absolute Gasteiger partial charge is 0.398 e. The second-order valence-corrected chi connectivity index (χ2v) is 4.70. The Morgan fingerprint density at radius 2 is 1.92 bits per heavy atom. The summed E-state index contributed by atoms with van der Waals surface area (Å²) in [6.07, 6.45) is 0. The van der Waals surface area contributed by atoms with E-state index >= 15 is 0 Å². The smallest absolute Gasteiger partial charge is 0.0373 e. The molecule has 0 heterocycles. The highest BCUT2D eigenvalue weighted by atomic mass is 127. The Bertz CT molecular complexity index is 289. The van der Waals surface area contributed by atoms with Gasteiger partial charge in [0.25, 0.3) is 0 Å². The molecule has 12 heavy (non-hydrogen) atoms. The Labute approximate surface area is 86.5 Å². The molecule has 0 aromatic heterocycles. The van der Waals surface area contributed by atoms with Crippen molar-refractivity contribution in [2.45, 2.75) is 19.4 Å². The summed E-state index contributed by atoms with van der Waals surface area (Å²) >= 11 is 2.25. The molecule has 0 saturated heterocycles.